The number of amides is 1. The van der Waals surface area contributed by atoms with E-state index in [0.29, 0.717) is 0 Å². The SMILES string of the molecule is NC(=O)Cc1[nH]nc2c1CCc1[nH]ncc1-2. The summed E-state index contributed by atoms with van der Waals surface area (Å²) in [5.74, 6) is -0.343. The van der Waals surface area contributed by atoms with Crippen LogP contribution in [0.2, 0.25) is 0 Å². The number of carbonyl (C=O) groups excluding carboxylic acids is 1. The van der Waals surface area contributed by atoms with Crippen molar-refractivity contribution in [1.82, 2.24) is 20.4 Å². The molecule has 0 radical (unpaired) electrons. The summed E-state index contributed by atoms with van der Waals surface area (Å²) in [6, 6.07) is 0. The Morgan fingerprint density at radius 2 is 2.31 bits per heavy atom. The fourth-order valence-electron chi connectivity index (χ4n) is 2.17. The highest BCUT2D eigenvalue weighted by Gasteiger charge is 2.23. The van der Waals surface area contributed by atoms with Gasteiger partial charge in [0.05, 0.1) is 18.3 Å². The van der Waals surface area contributed by atoms with E-state index in [1.807, 2.05) is 0 Å². The number of nitrogens with two attached hydrogens (primary N) is 1. The average Bonchev–Trinajstić information content (AvgIpc) is 2.82. The van der Waals surface area contributed by atoms with Gasteiger partial charge in [-0.1, -0.05) is 0 Å². The summed E-state index contributed by atoms with van der Waals surface area (Å²) in [6.07, 6.45) is 3.75. The number of fused-ring (bicyclic) bond motifs is 3. The van der Waals surface area contributed by atoms with Crippen molar-refractivity contribution < 1.29 is 4.79 Å². The van der Waals surface area contributed by atoms with Crippen LogP contribution in [0.5, 0.6) is 0 Å². The third kappa shape index (κ3) is 1.23. The number of carbonyl (C=O) groups is 1. The molecule has 1 aliphatic carbocycles. The Bertz CT molecular complexity index is 553. The minimum Gasteiger partial charge on any atom is -0.369 e. The van der Waals surface area contributed by atoms with Gasteiger partial charge >= 0.3 is 0 Å². The first-order valence-corrected chi connectivity index (χ1v) is 5.12. The molecule has 0 fully saturated rings. The zero-order valence-electron chi connectivity index (χ0n) is 8.58. The Kier molecular flexibility index (Phi) is 1.82. The molecule has 0 unspecified atom stereocenters. The zero-order chi connectivity index (χ0) is 11.1. The topological polar surface area (TPSA) is 100 Å². The maximum Gasteiger partial charge on any atom is 0.223 e. The van der Waals surface area contributed by atoms with Crippen molar-refractivity contribution in [2.24, 2.45) is 5.73 Å². The summed E-state index contributed by atoms with van der Waals surface area (Å²) >= 11 is 0. The first-order chi connectivity index (χ1) is 7.75. The number of hydrogen-bond acceptors (Lipinski definition) is 3. The van der Waals surface area contributed by atoms with Gasteiger partial charge in [-0.2, -0.15) is 10.2 Å². The Morgan fingerprint density at radius 1 is 1.44 bits per heavy atom. The maximum atomic E-state index is 10.9. The molecule has 82 valence electrons. The van der Waals surface area contributed by atoms with Gasteiger partial charge in [-0.15, -0.1) is 0 Å². The lowest BCUT2D eigenvalue weighted by molar-refractivity contribution is -0.117. The lowest BCUT2D eigenvalue weighted by atomic mass is 9.93. The fraction of sp³-hybridized carbons (Fsp3) is 0.300. The summed E-state index contributed by atoms with van der Waals surface area (Å²) in [6.45, 7) is 0. The Hall–Kier alpha value is -2.11. The van der Waals surface area contributed by atoms with Crippen LogP contribution in [-0.2, 0) is 24.1 Å². The maximum absolute atomic E-state index is 10.9. The van der Waals surface area contributed by atoms with E-state index < -0.39 is 0 Å². The Labute approximate surface area is 91.2 Å². The first kappa shape index (κ1) is 9.14. The van der Waals surface area contributed by atoms with Crippen LogP contribution >= 0.6 is 0 Å². The fourth-order valence-corrected chi connectivity index (χ4v) is 2.17. The molecule has 1 amide bonds. The molecule has 2 heterocycles. The van der Waals surface area contributed by atoms with E-state index in [1.165, 1.54) is 0 Å². The second-order valence-electron chi connectivity index (χ2n) is 3.93. The highest BCUT2D eigenvalue weighted by Crippen LogP contribution is 2.32. The number of aromatic amines is 2. The molecule has 6 heteroatoms. The average molecular weight is 217 g/mol. The van der Waals surface area contributed by atoms with Crippen LogP contribution in [0.3, 0.4) is 0 Å². The van der Waals surface area contributed by atoms with Crippen LogP contribution in [0.25, 0.3) is 11.3 Å². The number of aromatic nitrogens is 4. The quantitative estimate of drug-likeness (QED) is 0.656. The van der Waals surface area contributed by atoms with Crippen molar-refractivity contribution in [3.8, 4) is 11.3 Å². The number of primary amides is 1. The Morgan fingerprint density at radius 3 is 3.12 bits per heavy atom. The van der Waals surface area contributed by atoms with E-state index in [4.69, 9.17) is 5.73 Å². The number of aryl methyl sites for hydroxylation is 1. The van der Waals surface area contributed by atoms with Crippen LogP contribution in [-0.4, -0.2) is 26.3 Å². The van der Waals surface area contributed by atoms with Crippen molar-refractivity contribution in [3.63, 3.8) is 0 Å². The van der Waals surface area contributed by atoms with Gasteiger partial charge in [0.25, 0.3) is 0 Å². The number of rotatable bonds is 2. The smallest absolute Gasteiger partial charge is 0.223 e. The molecule has 0 aromatic carbocycles. The lowest BCUT2D eigenvalue weighted by Gasteiger charge is -2.10. The van der Waals surface area contributed by atoms with E-state index in [1.54, 1.807) is 6.20 Å². The monoisotopic (exact) mass is 217 g/mol. The largest absolute Gasteiger partial charge is 0.369 e. The summed E-state index contributed by atoms with van der Waals surface area (Å²) in [5, 5.41) is 14.1. The summed E-state index contributed by atoms with van der Waals surface area (Å²) in [7, 11) is 0. The van der Waals surface area contributed by atoms with Gasteiger partial charge in [0, 0.05) is 22.5 Å². The van der Waals surface area contributed by atoms with Gasteiger partial charge in [0.1, 0.15) is 0 Å². The van der Waals surface area contributed by atoms with Gasteiger partial charge in [0.15, 0.2) is 0 Å². The van der Waals surface area contributed by atoms with Gasteiger partial charge < -0.3 is 5.73 Å². The molecule has 2 aromatic heterocycles. The van der Waals surface area contributed by atoms with Gasteiger partial charge in [-0.3, -0.25) is 15.0 Å². The molecule has 4 N–H and O–H groups in total. The van der Waals surface area contributed by atoms with E-state index in [-0.39, 0.29) is 12.3 Å². The molecule has 0 bridgehead atoms. The van der Waals surface area contributed by atoms with Crippen LogP contribution in [0, 0.1) is 0 Å². The van der Waals surface area contributed by atoms with Crippen molar-refractivity contribution in [3.05, 3.63) is 23.1 Å². The van der Waals surface area contributed by atoms with Gasteiger partial charge in [-0.05, 0) is 12.8 Å². The lowest BCUT2D eigenvalue weighted by Crippen LogP contribution is -2.15. The molecule has 0 saturated carbocycles. The van der Waals surface area contributed by atoms with Crippen molar-refractivity contribution in [2.45, 2.75) is 19.3 Å². The molecule has 16 heavy (non-hydrogen) atoms. The third-order valence-corrected chi connectivity index (χ3v) is 2.90. The third-order valence-electron chi connectivity index (χ3n) is 2.90. The number of hydrogen-bond donors (Lipinski definition) is 3. The summed E-state index contributed by atoms with van der Waals surface area (Å²) < 4.78 is 0. The van der Waals surface area contributed by atoms with Crippen molar-refractivity contribution >= 4 is 5.91 Å². The van der Waals surface area contributed by atoms with E-state index >= 15 is 0 Å². The minimum absolute atomic E-state index is 0.218. The van der Waals surface area contributed by atoms with Crippen molar-refractivity contribution in [2.75, 3.05) is 0 Å². The number of nitrogens with zero attached hydrogens (tertiary/aromatic N) is 2. The molecule has 0 atom stereocenters. The molecule has 2 aromatic rings. The van der Waals surface area contributed by atoms with E-state index in [2.05, 4.69) is 20.4 Å². The predicted octanol–water partition coefficient (Wildman–Crippen LogP) is -0.0738. The molecule has 0 spiro atoms. The standard InChI is InChI=1S/C10H11N5O/c11-9(16)3-8-5-1-2-7-6(4-12-13-7)10(5)15-14-8/h4H,1-3H2,(H2,11,16)(H,12,13)(H,14,15). The first-order valence-electron chi connectivity index (χ1n) is 5.12. The van der Waals surface area contributed by atoms with Crippen LogP contribution in [0.15, 0.2) is 6.20 Å². The van der Waals surface area contributed by atoms with Gasteiger partial charge in [0.2, 0.25) is 5.91 Å². The number of nitrogens with one attached hydrogen (secondary N) is 2. The second-order valence-corrected chi connectivity index (χ2v) is 3.93. The van der Waals surface area contributed by atoms with Crippen molar-refractivity contribution in [1.29, 1.82) is 0 Å². The highest BCUT2D eigenvalue weighted by molar-refractivity contribution is 5.78. The minimum atomic E-state index is -0.343. The van der Waals surface area contributed by atoms with E-state index in [0.717, 1.165) is 41.1 Å². The van der Waals surface area contributed by atoms with Gasteiger partial charge in [-0.25, -0.2) is 0 Å². The predicted molar refractivity (Wildman–Crippen MR) is 56.5 cm³/mol. The van der Waals surface area contributed by atoms with Crippen LogP contribution < -0.4 is 5.73 Å². The van der Waals surface area contributed by atoms with E-state index in [9.17, 15) is 4.79 Å². The highest BCUT2D eigenvalue weighted by atomic mass is 16.1. The molecule has 3 rings (SSSR count). The number of H-pyrrole nitrogens is 2. The Balaban J connectivity index is 2.08. The van der Waals surface area contributed by atoms with Crippen LogP contribution in [0.4, 0.5) is 0 Å². The molecular weight excluding hydrogens is 206 g/mol. The normalized spacial score (nSPS) is 13.2. The molecular formula is C10H11N5O. The molecule has 0 saturated heterocycles. The molecule has 0 aliphatic heterocycles. The summed E-state index contributed by atoms with van der Waals surface area (Å²) in [5.41, 5.74) is 10.1. The molecule has 1 aliphatic rings. The van der Waals surface area contributed by atoms with Crippen LogP contribution in [0.1, 0.15) is 17.0 Å². The molecule has 6 nitrogen and oxygen atoms in total. The summed E-state index contributed by atoms with van der Waals surface area (Å²) in [4.78, 5) is 10.9. The second kappa shape index (κ2) is 3.19. The zero-order valence-corrected chi connectivity index (χ0v) is 8.58.